The van der Waals surface area contributed by atoms with E-state index in [0.29, 0.717) is 21.5 Å². The van der Waals surface area contributed by atoms with Crippen LogP contribution in [0.5, 0.6) is 5.75 Å². The maximum atomic E-state index is 10.7. The minimum Gasteiger partial charge on any atom is -0.489 e. The molecule has 0 aliphatic rings. The molecule has 1 rings (SSSR count). The Kier molecular flexibility index (Phi) is 7.62. The Morgan fingerprint density at radius 2 is 1.95 bits per heavy atom. The van der Waals surface area contributed by atoms with Crippen molar-refractivity contribution in [3.05, 3.63) is 22.2 Å². The first-order valence-electron chi connectivity index (χ1n) is 6.65. The highest BCUT2D eigenvalue weighted by molar-refractivity contribution is 8.00. The average molecular weight is 368 g/mol. The van der Waals surface area contributed by atoms with Crippen LogP contribution in [0.2, 0.25) is 10.0 Å². The average Bonchev–Trinajstić information content (AvgIpc) is 2.40. The summed E-state index contributed by atoms with van der Waals surface area (Å²) >= 11 is 13.3. The van der Waals surface area contributed by atoms with Gasteiger partial charge in [-0.3, -0.25) is 4.79 Å². The Balaban J connectivity index is 2.73. The standard InChI is InChI=1S/C14H19Cl2NO4S/c1-7(2)21-12-5-11(9(15)4-10(12)16)17-13(18)6-22-8(3)14(19)20/h4-5,7-8,13,17-18H,6H2,1-3H3,(H,19,20). The SMILES string of the molecule is CC(C)Oc1cc(NC(O)CSC(C)C(=O)O)c(Cl)cc1Cl. The first kappa shape index (κ1) is 19.2. The lowest BCUT2D eigenvalue weighted by atomic mass is 10.3. The molecule has 8 heteroatoms. The fourth-order valence-electron chi connectivity index (χ4n) is 1.51. The minimum absolute atomic E-state index is 0.0524. The zero-order chi connectivity index (χ0) is 16.9. The van der Waals surface area contributed by atoms with Crippen molar-refractivity contribution in [1.82, 2.24) is 0 Å². The summed E-state index contributed by atoms with van der Waals surface area (Å²) in [6.07, 6.45) is -0.999. The van der Waals surface area contributed by atoms with Crippen LogP contribution in [-0.4, -0.2) is 39.5 Å². The molecular weight excluding hydrogens is 349 g/mol. The topological polar surface area (TPSA) is 78.8 Å². The van der Waals surface area contributed by atoms with Gasteiger partial charge in [-0.05, 0) is 26.8 Å². The molecular formula is C14H19Cl2NO4S. The number of aliphatic hydroxyl groups excluding tert-OH is 1. The van der Waals surface area contributed by atoms with Crippen molar-refractivity contribution in [2.45, 2.75) is 38.4 Å². The number of hydrogen-bond donors (Lipinski definition) is 3. The van der Waals surface area contributed by atoms with E-state index in [9.17, 15) is 9.90 Å². The molecule has 1 aromatic carbocycles. The molecule has 0 radical (unpaired) electrons. The summed E-state index contributed by atoms with van der Waals surface area (Å²) in [7, 11) is 0. The van der Waals surface area contributed by atoms with E-state index in [4.69, 9.17) is 33.0 Å². The van der Waals surface area contributed by atoms with Gasteiger partial charge >= 0.3 is 5.97 Å². The van der Waals surface area contributed by atoms with Crippen LogP contribution in [-0.2, 0) is 4.79 Å². The highest BCUT2D eigenvalue weighted by atomic mass is 35.5. The van der Waals surface area contributed by atoms with Crippen LogP contribution < -0.4 is 10.1 Å². The number of anilines is 1. The van der Waals surface area contributed by atoms with E-state index in [1.54, 1.807) is 13.0 Å². The van der Waals surface area contributed by atoms with Crippen molar-refractivity contribution in [3.63, 3.8) is 0 Å². The third-order valence-electron chi connectivity index (χ3n) is 2.56. The Morgan fingerprint density at radius 1 is 1.32 bits per heavy atom. The van der Waals surface area contributed by atoms with Crippen LogP contribution in [0, 0.1) is 0 Å². The number of carboxylic acids is 1. The third-order valence-corrected chi connectivity index (χ3v) is 4.38. The van der Waals surface area contributed by atoms with Crippen LogP contribution in [0.25, 0.3) is 0 Å². The molecule has 0 saturated carbocycles. The molecule has 0 fully saturated rings. The number of ether oxygens (including phenoxy) is 1. The van der Waals surface area contributed by atoms with Gasteiger partial charge < -0.3 is 20.3 Å². The number of aliphatic hydroxyl groups is 1. The number of halogens is 2. The van der Waals surface area contributed by atoms with Crippen LogP contribution in [0.4, 0.5) is 5.69 Å². The van der Waals surface area contributed by atoms with Crippen molar-refractivity contribution < 1.29 is 19.7 Å². The molecule has 1 aromatic rings. The van der Waals surface area contributed by atoms with E-state index >= 15 is 0 Å². The summed E-state index contributed by atoms with van der Waals surface area (Å²) in [5.74, 6) is -0.260. The largest absolute Gasteiger partial charge is 0.489 e. The van der Waals surface area contributed by atoms with E-state index in [0.717, 1.165) is 11.8 Å². The maximum Gasteiger partial charge on any atom is 0.316 e. The van der Waals surface area contributed by atoms with E-state index in [-0.39, 0.29) is 11.9 Å². The predicted octanol–water partition coefficient (Wildman–Crippen LogP) is 3.72. The molecule has 22 heavy (non-hydrogen) atoms. The summed E-state index contributed by atoms with van der Waals surface area (Å²) in [4.78, 5) is 10.7. The van der Waals surface area contributed by atoms with E-state index < -0.39 is 17.4 Å². The summed E-state index contributed by atoms with van der Waals surface area (Å²) in [6.45, 7) is 5.30. The fraction of sp³-hybridized carbons (Fsp3) is 0.500. The number of thioether (sulfide) groups is 1. The van der Waals surface area contributed by atoms with Gasteiger partial charge in [0.2, 0.25) is 0 Å². The van der Waals surface area contributed by atoms with E-state index in [1.807, 2.05) is 13.8 Å². The lowest BCUT2D eigenvalue weighted by molar-refractivity contribution is -0.136. The third kappa shape index (κ3) is 6.12. The van der Waals surface area contributed by atoms with E-state index in [2.05, 4.69) is 5.32 Å². The van der Waals surface area contributed by atoms with Gasteiger partial charge in [0.05, 0.1) is 27.1 Å². The number of aliphatic carboxylic acids is 1. The second-order valence-electron chi connectivity index (χ2n) is 4.90. The molecule has 0 aliphatic carbocycles. The van der Waals surface area contributed by atoms with Crippen molar-refractivity contribution in [1.29, 1.82) is 0 Å². The number of carboxylic acid groups (broad SMARTS) is 1. The van der Waals surface area contributed by atoms with Crippen LogP contribution >= 0.6 is 35.0 Å². The zero-order valence-electron chi connectivity index (χ0n) is 12.5. The van der Waals surface area contributed by atoms with E-state index in [1.165, 1.54) is 6.07 Å². The van der Waals surface area contributed by atoms with Gasteiger partial charge in [-0.25, -0.2) is 0 Å². The second-order valence-corrected chi connectivity index (χ2v) is 7.09. The number of rotatable bonds is 8. The highest BCUT2D eigenvalue weighted by Crippen LogP contribution is 2.35. The normalized spacial score (nSPS) is 13.8. The van der Waals surface area contributed by atoms with Gasteiger partial charge in [0.1, 0.15) is 12.0 Å². The van der Waals surface area contributed by atoms with Gasteiger partial charge in [0, 0.05) is 11.8 Å². The van der Waals surface area contributed by atoms with Crippen LogP contribution in [0.1, 0.15) is 20.8 Å². The predicted molar refractivity (Wildman–Crippen MR) is 91.4 cm³/mol. The first-order chi connectivity index (χ1) is 10.2. The summed E-state index contributed by atoms with van der Waals surface area (Å²) < 4.78 is 5.56. The molecule has 124 valence electrons. The lowest BCUT2D eigenvalue weighted by Crippen LogP contribution is -2.24. The zero-order valence-corrected chi connectivity index (χ0v) is 14.8. The summed E-state index contributed by atoms with van der Waals surface area (Å²) in [6, 6.07) is 3.14. The molecule has 0 bridgehead atoms. The van der Waals surface area contributed by atoms with Gasteiger partial charge in [0.25, 0.3) is 0 Å². The van der Waals surface area contributed by atoms with Gasteiger partial charge in [-0.2, -0.15) is 0 Å². The monoisotopic (exact) mass is 367 g/mol. The van der Waals surface area contributed by atoms with Crippen LogP contribution in [0.3, 0.4) is 0 Å². The molecule has 0 saturated heterocycles. The van der Waals surface area contributed by atoms with Crippen molar-refractivity contribution in [2.75, 3.05) is 11.1 Å². The second kappa shape index (κ2) is 8.72. The molecule has 3 N–H and O–H groups in total. The molecule has 0 aromatic heterocycles. The van der Waals surface area contributed by atoms with Gasteiger partial charge in [0.15, 0.2) is 0 Å². The molecule has 2 atom stereocenters. The number of nitrogens with one attached hydrogen (secondary N) is 1. The number of carbonyl (C=O) groups is 1. The van der Waals surface area contributed by atoms with Crippen molar-refractivity contribution >= 4 is 46.6 Å². The van der Waals surface area contributed by atoms with Gasteiger partial charge in [-0.1, -0.05) is 23.2 Å². The number of benzene rings is 1. The Bertz CT molecular complexity index is 528. The Morgan fingerprint density at radius 3 is 2.50 bits per heavy atom. The molecule has 0 aliphatic heterocycles. The quantitative estimate of drug-likeness (QED) is 0.607. The summed E-state index contributed by atoms with van der Waals surface area (Å²) in [5, 5.41) is 21.7. The molecule has 2 unspecified atom stereocenters. The lowest BCUT2D eigenvalue weighted by Gasteiger charge is -2.18. The van der Waals surface area contributed by atoms with Crippen molar-refractivity contribution in [3.8, 4) is 5.75 Å². The Hall–Kier alpha value is -0.820. The smallest absolute Gasteiger partial charge is 0.316 e. The fourth-order valence-corrected chi connectivity index (χ4v) is 2.69. The molecule has 0 heterocycles. The molecule has 0 amide bonds. The Labute approximate surface area is 143 Å². The van der Waals surface area contributed by atoms with Gasteiger partial charge in [-0.15, -0.1) is 11.8 Å². The highest BCUT2D eigenvalue weighted by Gasteiger charge is 2.16. The first-order valence-corrected chi connectivity index (χ1v) is 8.46. The summed E-state index contributed by atoms with van der Waals surface area (Å²) in [5.41, 5.74) is 0.470. The molecule has 5 nitrogen and oxygen atoms in total. The maximum absolute atomic E-state index is 10.7. The van der Waals surface area contributed by atoms with Crippen LogP contribution in [0.15, 0.2) is 12.1 Å². The molecule has 0 spiro atoms. The number of hydrogen-bond acceptors (Lipinski definition) is 5. The minimum atomic E-state index is -0.947. The van der Waals surface area contributed by atoms with Crippen molar-refractivity contribution in [2.24, 2.45) is 0 Å².